The number of nitrogens with zero attached hydrogens (tertiary/aromatic N) is 4. The van der Waals surface area contributed by atoms with Gasteiger partial charge in [0.25, 0.3) is 5.91 Å². The van der Waals surface area contributed by atoms with Gasteiger partial charge in [-0.05, 0) is 49.3 Å². The van der Waals surface area contributed by atoms with E-state index >= 15 is 0 Å². The van der Waals surface area contributed by atoms with Gasteiger partial charge in [0.05, 0.1) is 10.5 Å². The van der Waals surface area contributed by atoms with E-state index in [0.717, 1.165) is 31.7 Å². The topological polar surface area (TPSA) is 78.2 Å². The first-order valence-corrected chi connectivity index (χ1v) is 11.9. The number of aliphatic hydroxyl groups is 1. The van der Waals surface area contributed by atoms with E-state index in [1.54, 1.807) is 6.92 Å². The molecule has 1 aliphatic heterocycles. The number of rotatable bonds is 4. The molecule has 0 bridgehead atoms. The van der Waals surface area contributed by atoms with Gasteiger partial charge in [-0.3, -0.25) is 9.59 Å². The van der Waals surface area contributed by atoms with Crippen molar-refractivity contribution in [2.75, 3.05) is 26.2 Å². The van der Waals surface area contributed by atoms with Crippen molar-refractivity contribution >= 4 is 28.9 Å². The second-order valence-electron chi connectivity index (χ2n) is 9.44. The first kappa shape index (κ1) is 24.8. The Kier molecular flexibility index (Phi) is 6.83. The van der Waals surface area contributed by atoms with Gasteiger partial charge in [0.1, 0.15) is 12.2 Å². The Balaban J connectivity index is 1.61. The number of hydrogen-bond donors (Lipinski definition) is 1. The highest BCUT2D eigenvalue weighted by Gasteiger charge is 2.38. The van der Waals surface area contributed by atoms with Crippen LogP contribution in [-0.4, -0.2) is 68.6 Å². The number of piperazine rings is 1. The average Bonchev–Trinajstić information content (AvgIpc) is 3.13. The van der Waals surface area contributed by atoms with Crippen molar-refractivity contribution in [3.05, 3.63) is 34.1 Å². The molecule has 7 nitrogen and oxygen atoms in total. The molecule has 1 atom stereocenters. The smallest absolute Gasteiger partial charge is 0.396 e. The second-order valence-corrected chi connectivity index (χ2v) is 9.82. The largest absolute Gasteiger partial charge is 0.433 e. The van der Waals surface area contributed by atoms with Gasteiger partial charge >= 0.3 is 6.18 Å². The van der Waals surface area contributed by atoms with Crippen molar-refractivity contribution in [3.63, 3.8) is 0 Å². The van der Waals surface area contributed by atoms with Crippen molar-refractivity contribution in [2.24, 2.45) is 5.92 Å². The fourth-order valence-corrected chi connectivity index (χ4v) is 5.07. The van der Waals surface area contributed by atoms with Gasteiger partial charge < -0.3 is 14.9 Å². The molecule has 2 fully saturated rings. The molecular weight excluding hydrogens is 473 g/mol. The summed E-state index contributed by atoms with van der Waals surface area (Å²) in [6.07, 6.45) is -0.751. The number of carbonyl (C=O) groups is 2. The van der Waals surface area contributed by atoms with Gasteiger partial charge in [-0.25, -0.2) is 4.52 Å². The maximum Gasteiger partial charge on any atom is 0.433 e. The summed E-state index contributed by atoms with van der Waals surface area (Å²) in [7, 11) is 0. The van der Waals surface area contributed by atoms with E-state index in [1.807, 2.05) is 4.90 Å². The molecule has 2 aromatic heterocycles. The summed E-state index contributed by atoms with van der Waals surface area (Å²) in [5, 5.41) is 13.1. The van der Waals surface area contributed by atoms with E-state index < -0.39 is 23.7 Å². The van der Waals surface area contributed by atoms with Crippen LogP contribution in [-0.2, 0) is 11.0 Å². The Hall–Kier alpha value is -2.33. The highest BCUT2D eigenvalue weighted by molar-refractivity contribution is 6.36. The highest BCUT2D eigenvalue weighted by atomic mass is 35.5. The summed E-state index contributed by atoms with van der Waals surface area (Å²) < 4.78 is 41.9. The molecule has 186 valence electrons. The molecule has 4 rings (SSSR count). The summed E-state index contributed by atoms with van der Waals surface area (Å²) in [5.74, 6) is -0.767. The number of aliphatic hydroxyl groups excluding tert-OH is 1. The van der Waals surface area contributed by atoms with E-state index in [4.69, 9.17) is 11.6 Å². The molecule has 2 amide bonds. The molecule has 0 radical (unpaired) electrons. The van der Waals surface area contributed by atoms with E-state index in [9.17, 15) is 27.9 Å². The molecule has 2 aromatic rings. The molecule has 11 heteroatoms. The van der Waals surface area contributed by atoms with Crippen molar-refractivity contribution in [3.8, 4) is 0 Å². The molecule has 1 saturated heterocycles. The Bertz CT molecular complexity index is 1100. The Labute approximate surface area is 200 Å². The van der Waals surface area contributed by atoms with Crippen LogP contribution in [0.4, 0.5) is 13.2 Å². The van der Waals surface area contributed by atoms with Crippen LogP contribution in [0.5, 0.6) is 0 Å². The molecule has 34 heavy (non-hydrogen) atoms. The van der Waals surface area contributed by atoms with E-state index in [1.165, 1.54) is 11.0 Å². The molecule has 1 unspecified atom stereocenters. The molecule has 0 aromatic carbocycles. The highest BCUT2D eigenvalue weighted by Crippen LogP contribution is 2.35. The maximum atomic E-state index is 13.7. The SMILES string of the molecule is CC1CCC(N2CCN(C(=O)c3nn4c(C(F)(F)F)cc(C(C)CO)cc4c3Cl)CC2=O)CC1. The number of carbonyl (C=O) groups excluding carboxylic acids is 2. The van der Waals surface area contributed by atoms with Gasteiger partial charge in [-0.15, -0.1) is 0 Å². The van der Waals surface area contributed by atoms with Crippen molar-refractivity contribution in [1.29, 1.82) is 0 Å². The first-order chi connectivity index (χ1) is 16.0. The summed E-state index contributed by atoms with van der Waals surface area (Å²) in [6, 6.07) is 2.47. The van der Waals surface area contributed by atoms with Crippen molar-refractivity contribution in [2.45, 2.75) is 57.7 Å². The number of amides is 2. The lowest BCUT2D eigenvalue weighted by Crippen LogP contribution is -2.56. The Morgan fingerprint density at radius 2 is 1.91 bits per heavy atom. The van der Waals surface area contributed by atoms with Crippen molar-refractivity contribution in [1.82, 2.24) is 19.4 Å². The number of aromatic nitrogens is 2. The van der Waals surface area contributed by atoms with Gasteiger partial charge in [-0.1, -0.05) is 25.4 Å². The molecular formula is C23H28ClF3N4O3. The van der Waals surface area contributed by atoms with E-state index in [2.05, 4.69) is 12.0 Å². The minimum atomic E-state index is -4.75. The normalized spacial score (nSPS) is 23.0. The molecule has 3 heterocycles. The zero-order valence-corrected chi connectivity index (χ0v) is 19.9. The summed E-state index contributed by atoms with van der Waals surface area (Å²) in [4.78, 5) is 29.1. The van der Waals surface area contributed by atoms with Gasteiger partial charge in [0.15, 0.2) is 5.69 Å². The lowest BCUT2D eigenvalue weighted by molar-refractivity contribution is -0.142. The Morgan fingerprint density at radius 1 is 1.24 bits per heavy atom. The lowest BCUT2D eigenvalue weighted by Gasteiger charge is -2.41. The molecule has 1 saturated carbocycles. The number of halogens is 4. The van der Waals surface area contributed by atoms with Crippen LogP contribution in [0.3, 0.4) is 0 Å². The fourth-order valence-electron chi connectivity index (χ4n) is 4.82. The minimum Gasteiger partial charge on any atom is -0.396 e. The molecule has 0 spiro atoms. The predicted octanol–water partition coefficient (Wildman–Crippen LogP) is 3.97. The quantitative estimate of drug-likeness (QED) is 0.689. The minimum absolute atomic E-state index is 0.0728. The molecule has 2 aliphatic rings. The fraction of sp³-hybridized carbons (Fsp3) is 0.609. The maximum absolute atomic E-state index is 13.7. The van der Waals surface area contributed by atoms with E-state index in [-0.39, 0.29) is 53.4 Å². The standard InChI is InChI=1S/C23H28ClF3N4O3/c1-13-3-5-16(6-4-13)30-8-7-29(11-19(30)33)22(34)21-20(24)17-9-15(14(2)12-32)10-18(23(25,26)27)31(17)28-21/h9-10,13-14,16,32H,3-8,11-12H2,1-2H3. The molecule has 1 aliphatic carbocycles. The zero-order valence-electron chi connectivity index (χ0n) is 19.1. The average molecular weight is 501 g/mol. The van der Waals surface area contributed by atoms with Crippen LogP contribution in [0, 0.1) is 5.92 Å². The summed E-state index contributed by atoms with van der Waals surface area (Å²) in [5.41, 5.74) is -1.26. The zero-order chi connectivity index (χ0) is 24.8. The first-order valence-electron chi connectivity index (χ1n) is 11.5. The number of fused-ring (bicyclic) bond motifs is 1. The monoisotopic (exact) mass is 500 g/mol. The third-order valence-electron chi connectivity index (χ3n) is 7.00. The van der Waals surface area contributed by atoms with Gasteiger partial charge in [-0.2, -0.15) is 18.3 Å². The molecule has 1 N–H and O–H groups in total. The van der Waals surface area contributed by atoms with Gasteiger partial charge in [0.2, 0.25) is 5.91 Å². The third-order valence-corrected chi connectivity index (χ3v) is 7.38. The Morgan fingerprint density at radius 3 is 2.50 bits per heavy atom. The van der Waals surface area contributed by atoms with Crippen molar-refractivity contribution < 1.29 is 27.9 Å². The van der Waals surface area contributed by atoms with Crippen LogP contribution in [0.1, 0.15) is 67.2 Å². The second kappa shape index (κ2) is 9.37. The van der Waals surface area contributed by atoms with Crippen LogP contribution in [0.15, 0.2) is 12.1 Å². The van der Waals surface area contributed by atoms with Crippen LogP contribution >= 0.6 is 11.6 Å². The number of pyridine rings is 1. The predicted molar refractivity (Wildman–Crippen MR) is 120 cm³/mol. The number of alkyl halides is 3. The summed E-state index contributed by atoms with van der Waals surface area (Å²) >= 11 is 6.36. The van der Waals surface area contributed by atoms with Crippen LogP contribution < -0.4 is 0 Å². The van der Waals surface area contributed by atoms with Crippen LogP contribution in [0.25, 0.3) is 5.52 Å². The third kappa shape index (κ3) is 4.62. The summed E-state index contributed by atoms with van der Waals surface area (Å²) in [6.45, 7) is 3.91. The van der Waals surface area contributed by atoms with Gasteiger partial charge in [0, 0.05) is 31.7 Å². The van der Waals surface area contributed by atoms with Crippen LogP contribution in [0.2, 0.25) is 5.02 Å². The number of hydrogen-bond acceptors (Lipinski definition) is 4. The lowest BCUT2D eigenvalue weighted by atomic mass is 9.86. The van der Waals surface area contributed by atoms with E-state index in [0.29, 0.717) is 17.0 Å².